The molecule has 0 aliphatic heterocycles. The maximum Gasteiger partial charge on any atom is 0.0375 e. The molecule has 0 fully saturated rings. The van der Waals surface area contributed by atoms with Crippen molar-refractivity contribution in [2.24, 2.45) is 5.73 Å². The Morgan fingerprint density at radius 1 is 1.47 bits per heavy atom. The Labute approximate surface area is 101 Å². The average molecular weight is 271 g/mol. The minimum absolute atomic E-state index is 0.205. The maximum atomic E-state index is 5.79. The van der Waals surface area contributed by atoms with Crippen LogP contribution in [-0.4, -0.2) is 19.6 Å². The maximum absolute atomic E-state index is 5.79. The highest BCUT2D eigenvalue weighted by Gasteiger charge is 2.05. The van der Waals surface area contributed by atoms with Gasteiger partial charge in [0.25, 0.3) is 0 Å². The Hall–Kier alpha value is -0.540. The predicted octanol–water partition coefficient (Wildman–Crippen LogP) is 2.79. The molecule has 0 spiro atoms. The zero-order valence-corrected chi connectivity index (χ0v) is 11.2. The third-order valence-electron chi connectivity index (χ3n) is 2.49. The third kappa shape index (κ3) is 3.50. The van der Waals surface area contributed by atoms with E-state index < -0.39 is 0 Å². The van der Waals surface area contributed by atoms with Gasteiger partial charge in [0, 0.05) is 29.8 Å². The minimum atomic E-state index is 0.205. The summed E-state index contributed by atoms with van der Waals surface area (Å²) in [5.74, 6) is 0. The van der Waals surface area contributed by atoms with Crippen LogP contribution >= 0.6 is 15.9 Å². The fraction of sp³-hybridized carbons (Fsp3) is 0.500. The molecule has 84 valence electrons. The first-order valence-corrected chi connectivity index (χ1v) is 6.09. The largest absolute Gasteiger partial charge is 0.375 e. The van der Waals surface area contributed by atoms with Crippen LogP contribution < -0.4 is 10.6 Å². The molecule has 1 aromatic carbocycles. The summed E-state index contributed by atoms with van der Waals surface area (Å²) in [7, 11) is 2.09. The van der Waals surface area contributed by atoms with Gasteiger partial charge in [0.15, 0.2) is 0 Å². The van der Waals surface area contributed by atoms with Crippen molar-refractivity contribution < 1.29 is 0 Å². The van der Waals surface area contributed by atoms with E-state index in [1.165, 1.54) is 11.3 Å². The molecule has 2 nitrogen and oxygen atoms in total. The Bertz CT molecular complexity index is 323. The highest BCUT2D eigenvalue weighted by Crippen LogP contribution is 2.24. The van der Waals surface area contributed by atoms with Gasteiger partial charge in [-0.15, -0.1) is 0 Å². The molecule has 0 heterocycles. The van der Waals surface area contributed by atoms with E-state index in [0.29, 0.717) is 0 Å². The summed E-state index contributed by atoms with van der Waals surface area (Å²) >= 11 is 3.59. The van der Waals surface area contributed by atoms with Crippen molar-refractivity contribution in [2.75, 3.05) is 18.5 Å². The van der Waals surface area contributed by atoms with Crippen LogP contribution in [0.4, 0.5) is 5.69 Å². The lowest BCUT2D eigenvalue weighted by atomic mass is 10.1. The van der Waals surface area contributed by atoms with Crippen molar-refractivity contribution in [1.29, 1.82) is 0 Å². The zero-order chi connectivity index (χ0) is 11.4. The SMILES string of the molecule is CCN(C)c1ccc(CC(C)N)c(Br)c1. The van der Waals surface area contributed by atoms with E-state index in [-0.39, 0.29) is 6.04 Å². The van der Waals surface area contributed by atoms with Gasteiger partial charge in [-0.25, -0.2) is 0 Å². The van der Waals surface area contributed by atoms with Crippen LogP contribution in [0.5, 0.6) is 0 Å². The van der Waals surface area contributed by atoms with Crippen molar-refractivity contribution >= 4 is 21.6 Å². The molecular formula is C12H19BrN2. The zero-order valence-electron chi connectivity index (χ0n) is 9.63. The van der Waals surface area contributed by atoms with Gasteiger partial charge in [0.1, 0.15) is 0 Å². The number of anilines is 1. The lowest BCUT2D eigenvalue weighted by molar-refractivity contribution is 0.736. The summed E-state index contributed by atoms with van der Waals surface area (Å²) in [5.41, 5.74) is 8.30. The molecule has 0 bridgehead atoms. The van der Waals surface area contributed by atoms with Crippen LogP contribution in [0.25, 0.3) is 0 Å². The second kappa shape index (κ2) is 5.52. The van der Waals surface area contributed by atoms with Gasteiger partial charge in [-0.3, -0.25) is 0 Å². The molecule has 3 heteroatoms. The number of rotatable bonds is 4. The number of benzene rings is 1. The Morgan fingerprint density at radius 3 is 2.60 bits per heavy atom. The molecule has 2 N–H and O–H groups in total. The van der Waals surface area contributed by atoms with Crippen molar-refractivity contribution in [3.8, 4) is 0 Å². The number of hydrogen-bond donors (Lipinski definition) is 1. The summed E-state index contributed by atoms with van der Waals surface area (Å²) in [5, 5.41) is 0. The molecule has 0 aromatic heterocycles. The quantitative estimate of drug-likeness (QED) is 0.912. The summed E-state index contributed by atoms with van der Waals surface area (Å²) in [4.78, 5) is 2.21. The van der Waals surface area contributed by atoms with Gasteiger partial charge in [0.05, 0.1) is 0 Å². The van der Waals surface area contributed by atoms with Gasteiger partial charge < -0.3 is 10.6 Å². The van der Waals surface area contributed by atoms with Crippen LogP contribution in [0, 0.1) is 0 Å². The third-order valence-corrected chi connectivity index (χ3v) is 3.23. The second-order valence-electron chi connectivity index (χ2n) is 3.97. The van der Waals surface area contributed by atoms with Gasteiger partial charge in [-0.1, -0.05) is 22.0 Å². The first-order chi connectivity index (χ1) is 7.04. The van der Waals surface area contributed by atoms with Crippen molar-refractivity contribution in [3.63, 3.8) is 0 Å². The molecule has 0 radical (unpaired) electrons. The van der Waals surface area contributed by atoms with E-state index in [9.17, 15) is 0 Å². The molecule has 0 amide bonds. The topological polar surface area (TPSA) is 29.3 Å². The molecule has 0 aliphatic carbocycles. The number of nitrogens with two attached hydrogens (primary N) is 1. The molecule has 1 aromatic rings. The van der Waals surface area contributed by atoms with Crippen LogP contribution in [0.3, 0.4) is 0 Å². The monoisotopic (exact) mass is 270 g/mol. The van der Waals surface area contributed by atoms with Gasteiger partial charge in [0.2, 0.25) is 0 Å². The van der Waals surface area contributed by atoms with E-state index in [1.807, 2.05) is 6.92 Å². The Morgan fingerprint density at radius 2 is 2.13 bits per heavy atom. The van der Waals surface area contributed by atoms with E-state index >= 15 is 0 Å². The first kappa shape index (κ1) is 12.5. The molecule has 0 saturated heterocycles. The van der Waals surface area contributed by atoms with E-state index in [2.05, 4.69) is 53.0 Å². The molecule has 1 atom stereocenters. The number of hydrogen-bond acceptors (Lipinski definition) is 2. The lowest BCUT2D eigenvalue weighted by Gasteiger charge is -2.18. The number of nitrogens with zero attached hydrogens (tertiary/aromatic N) is 1. The Balaban J connectivity index is 2.88. The van der Waals surface area contributed by atoms with E-state index in [0.717, 1.165) is 17.4 Å². The Kier molecular flexibility index (Phi) is 4.61. The standard InChI is InChI=1S/C12H19BrN2/c1-4-15(3)11-6-5-10(7-9(2)14)12(13)8-11/h5-6,8-9H,4,7,14H2,1-3H3. The van der Waals surface area contributed by atoms with Crippen molar-refractivity contribution in [3.05, 3.63) is 28.2 Å². The average Bonchev–Trinajstić information content (AvgIpc) is 2.19. The normalized spacial score (nSPS) is 12.6. The van der Waals surface area contributed by atoms with Crippen molar-refractivity contribution in [1.82, 2.24) is 0 Å². The second-order valence-corrected chi connectivity index (χ2v) is 4.83. The van der Waals surface area contributed by atoms with Crippen LogP contribution in [0.1, 0.15) is 19.4 Å². The lowest BCUT2D eigenvalue weighted by Crippen LogP contribution is -2.19. The minimum Gasteiger partial charge on any atom is -0.375 e. The summed E-state index contributed by atoms with van der Waals surface area (Å²) < 4.78 is 1.15. The molecule has 1 rings (SSSR count). The van der Waals surface area contributed by atoms with Gasteiger partial charge >= 0.3 is 0 Å². The first-order valence-electron chi connectivity index (χ1n) is 5.29. The van der Waals surface area contributed by atoms with Crippen LogP contribution in [0.2, 0.25) is 0 Å². The van der Waals surface area contributed by atoms with Crippen LogP contribution in [-0.2, 0) is 6.42 Å². The fourth-order valence-electron chi connectivity index (χ4n) is 1.47. The van der Waals surface area contributed by atoms with Gasteiger partial charge in [-0.05, 0) is 38.0 Å². The molecule has 0 saturated carbocycles. The highest BCUT2D eigenvalue weighted by molar-refractivity contribution is 9.10. The highest BCUT2D eigenvalue weighted by atomic mass is 79.9. The predicted molar refractivity (Wildman–Crippen MR) is 70.4 cm³/mol. The molecule has 15 heavy (non-hydrogen) atoms. The molecule has 1 unspecified atom stereocenters. The fourth-order valence-corrected chi connectivity index (χ4v) is 2.00. The van der Waals surface area contributed by atoms with E-state index in [4.69, 9.17) is 5.73 Å². The summed E-state index contributed by atoms with van der Waals surface area (Å²) in [6.07, 6.45) is 0.913. The van der Waals surface area contributed by atoms with Crippen molar-refractivity contribution in [2.45, 2.75) is 26.3 Å². The number of halogens is 1. The molecule has 0 aliphatic rings. The molecular weight excluding hydrogens is 252 g/mol. The van der Waals surface area contributed by atoms with Gasteiger partial charge in [-0.2, -0.15) is 0 Å². The summed E-state index contributed by atoms with van der Waals surface area (Å²) in [6, 6.07) is 6.65. The van der Waals surface area contributed by atoms with E-state index in [1.54, 1.807) is 0 Å². The summed E-state index contributed by atoms with van der Waals surface area (Å²) in [6.45, 7) is 5.18. The van der Waals surface area contributed by atoms with Crippen LogP contribution in [0.15, 0.2) is 22.7 Å². The smallest absolute Gasteiger partial charge is 0.0375 e.